The van der Waals surface area contributed by atoms with Crippen LogP contribution in [0.5, 0.6) is 0 Å². The normalized spacial score (nSPS) is 9.75. The Labute approximate surface area is 91.0 Å². The molecule has 0 aromatic rings. The van der Waals surface area contributed by atoms with Crippen molar-refractivity contribution in [2.24, 2.45) is 0 Å². The highest BCUT2D eigenvalue weighted by molar-refractivity contribution is 5.77. The zero-order chi connectivity index (χ0) is 10.4. The van der Waals surface area contributed by atoms with Crippen LogP contribution in [0.4, 0.5) is 0 Å². The maximum absolute atomic E-state index is 10.1. The van der Waals surface area contributed by atoms with Crippen LogP contribution in [0.3, 0.4) is 0 Å². The molecule has 98 valence electrons. The Morgan fingerprint density at radius 2 is 1.38 bits per heavy atom. The Morgan fingerprint density at radius 1 is 0.938 bits per heavy atom. The molecule has 0 aliphatic heterocycles. The van der Waals surface area contributed by atoms with Gasteiger partial charge >= 0.3 is 0 Å². The highest BCUT2D eigenvalue weighted by atomic mass is 16.5. The third-order valence-electron chi connectivity index (χ3n) is 1.02. The Bertz CT molecular complexity index is 232. The van der Waals surface area contributed by atoms with Gasteiger partial charge in [0.2, 0.25) is 0 Å². The van der Waals surface area contributed by atoms with Crippen molar-refractivity contribution >= 4 is 17.9 Å². The zero-order valence-electron chi connectivity index (χ0n) is 9.35. The van der Waals surface area contributed by atoms with Crippen LogP contribution in [-0.4, -0.2) is 30.6 Å². The SMILES string of the molecule is O=C([O-])COC(CC(=O)[O-])C(=O)[O-].[NH4+].[NH4+].[NH4+]. The summed E-state index contributed by atoms with van der Waals surface area (Å²) in [5.74, 6) is -5.14. The second kappa shape index (κ2) is 11.3. The summed E-state index contributed by atoms with van der Waals surface area (Å²) in [6.07, 6.45) is -2.79. The summed E-state index contributed by atoms with van der Waals surface area (Å²) in [7, 11) is 0. The van der Waals surface area contributed by atoms with Gasteiger partial charge in [-0.15, -0.1) is 0 Å². The minimum absolute atomic E-state index is 0. The maximum Gasteiger partial charge on any atom is 0.102 e. The fourth-order valence-corrected chi connectivity index (χ4v) is 0.530. The van der Waals surface area contributed by atoms with E-state index in [1.165, 1.54) is 0 Å². The van der Waals surface area contributed by atoms with E-state index in [-0.39, 0.29) is 18.5 Å². The molecule has 0 radical (unpaired) electrons. The second-order valence-electron chi connectivity index (χ2n) is 2.07. The largest absolute Gasteiger partial charge is 0.550 e. The predicted molar refractivity (Wildman–Crippen MR) is 47.3 cm³/mol. The summed E-state index contributed by atoms with van der Waals surface area (Å²) < 4.78 is 4.13. The third kappa shape index (κ3) is 12.2. The van der Waals surface area contributed by atoms with E-state index in [9.17, 15) is 29.7 Å². The number of carboxylic acid groups (broad SMARTS) is 3. The Balaban J connectivity index is -0.000000240. The van der Waals surface area contributed by atoms with Gasteiger partial charge in [0, 0.05) is 12.4 Å². The van der Waals surface area contributed by atoms with Gasteiger partial charge in [0.15, 0.2) is 0 Å². The fraction of sp³-hybridized carbons (Fsp3) is 0.500. The molecule has 0 saturated carbocycles. The molecule has 1 atom stereocenters. The molecule has 0 fully saturated rings. The number of ether oxygens (including phenoxy) is 1. The number of aliphatic carboxylic acids is 3. The van der Waals surface area contributed by atoms with Gasteiger partial charge < -0.3 is 52.9 Å². The molecule has 12 N–H and O–H groups in total. The molecule has 0 spiro atoms. The number of hydrogen-bond acceptors (Lipinski definition) is 7. The van der Waals surface area contributed by atoms with Crippen LogP contribution in [0.15, 0.2) is 0 Å². The standard InChI is InChI=1S/C6H8O7.3H3N/c7-4(8)1-3(6(11)12)13-2-5(9)10;;;/h3H,1-2H2,(H,7,8)(H,9,10)(H,11,12);3*1H3. The molecule has 0 aliphatic rings. The fourth-order valence-electron chi connectivity index (χ4n) is 0.530. The molecule has 0 aromatic carbocycles. The average Bonchev–Trinajstić information content (AvgIpc) is 1.96. The summed E-state index contributed by atoms with van der Waals surface area (Å²) in [6, 6.07) is 0. The van der Waals surface area contributed by atoms with Gasteiger partial charge in [0.1, 0.15) is 6.10 Å². The molecule has 0 rings (SSSR count). The smallest absolute Gasteiger partial charge is 0.102 e. The van der Waals surface area contributed by atoms with E-state index in [0.717, 1.165) is 0 Å². The zero-order valence-corrected chi connectivity index (χ0v) is 9.35. The molecule has 0 bridgehead atoms. The maximum atomic E-state index is 10.1. The van der Waals surface area contributed by atoms with E-state index in [2.05, 4.69) is 4.74 Å². The van der Waals surface area contributed by atoms with E-state index in [1.807, 2.05) is 0 Å². The van der Waals surface area contributed by atoms with Crippen LogP contribution in [0.2, 0.25) is 0 Å². The number of carbonyl (C=O) groups excluding carboxylic acids is 3. The first-order valence-corrected chi connectivity index (χ1v) is 3.15. The van der Waals surface area contributed by atoms with Crippen LogP contribution >= 0.6 is 0 Å². The van der Waals surface area contributed by atoms with Crippen LogP contribution in [0.1, 0.15) is 6.42 Å². The topological polar surface area (TPSA) is 239 Å². The van der Waals surface area contributed by atoms with E-state index < -0.39 is 37.0 Å². The molecule has 10 nitrogen and oxygen atoms in total. The van der Waals surface area contributed by atoms with Gasteiger partial charge in [0.05, 0.1) is 18.5 Å². The number of carbonyl (C=O) groups is 3. The van der Waals surface area contributed by atoms with Gasteiger partial charge in [-0.2, -0.15) is 0 Å². The highest BCUT2D eigenvalue weighted by Crippen LogP contribution is 1.95. The molecule has 0 amide bonds. The lowest BCUT2D eigenvalue weighted by Gasteiger charge is -2.19. The number of quaternary nitrogens is 3. The van der Waals surface area contributed by atoms with Gasteiger partial charge in [-0.3, -0.25) is 0 Å². The third-order valence-corrected chi connectivity index (χ3v) is 1.02. The summed E-state index contributed by atoms with van der Waals surface area (Å²) in [6.45, 7) is -1.01. The van der Waals surface area contributed by atoms with Gasteiger partial charge in [-0.1, -0.05) is 0 Å². The van der Waals surface area contributed by atoms with E-state index in [0.29, 0.717) is 0 Å². The molecular formula is C6H17N3O7. The summed E-state index contributed by atoms with van der Waals surface area (Å²) >= 11 is 0. The van der Waals surface area contributed by atoms with Gasteiger partial charge in [0.25, 0.3) is 0 Å². The lowest BCUT2D eigenvalue weighted by atomic mass is 10.2. The molecule has 0 heterocycles. The second-order valence-corrected chi connectivity index (χ2v) is 2.07. The van der Waals surface area contributed by atoms with Crippen molar-refractivity contribution in [3.05, 3.63) is 0 Å². The summed E-state index contributed by atoms with van der Waals surface area (Å²) in [5, 5.41) is 29.8. The minimum atomic E-state index is -1.83. The summed E-state index contributed by atoms with van der Waals surface area (Å²) in [5.41, 5.74) is 0. The molecular weight excluding hydrogens is 226 g/mol. The molecule has 0 aromatic heterocycles. The number of carboxylic acids is 3. The molecule has 0 aliphatic carbocycles. The van der Waals surface area contributed by atoms with Crippen LogP contribution in [0, 0.1) is 0 Å². The van der Waals surface area contributed by atoms with E-state index in [1.54, 1.807) is 0 Å². The Morgan fingerprint density at radius 3 is 1.62 bits per heavy atom. The van der Waals surface area contributed by atoms with Crippen molar-refractivity contribution < 1.29 is 34.4 Å². The number of hydrogen-bond donors (Lipinski definition) is 3. The van der Waals surface area contributed by atoms with Gasteiger partial charge in [-0.25, -0.2) is 0 Å². The molecule has 1 unspecified atom stereocenters. The van der Waals surface area contributed by atoms with Crippen LogP contribution in [-0.2, 0) is 19.1 Å². The van der Waals surface area contributed by atoms with E-state index in [4.69, 9.17) is 0 Å². The van der Waals surface area contributed by atoms with Crippen molar-refractivity contribution in [1.82, 2.24) is 18.5 Å². The lowest BCUT2D eigenvalue weighted by molar-refractivity contribution is -0.330. The van der Waals surface area contributed by atoms with Crippen LogP contribution < -0.4 is 33.8 Å². The van der Waals surface area contributed by atoms with E-state index >= 15 is 0 Å². The first-order valence-electron chi connectivity index (χ1n) is 3.15. The van der Waals surface area contributed by atoms with Crippen molar-refractivity contribution in [3.63, 3.8) is 0 Å². The first kappa shape index (κ1) is 23.8. The molecule has 16 heavy (non-hydrogen) atoms. The Hall–Kier alpha value is -1.75. The molecule has 10 heteroatoms. The minimum Gasteiger partial charge on any atom is -0.550 e. The predicted octanol–water partition coefficient (Wildman–Crippen LogP) is -3.86. The number of rotatable bonds is 6. The highest BCUT2D eigenvalue weighted by Gasteiger charge is 2.10. The van der Waals surface area contributed by atoms with Crippen molar-refractivity contribution in [1.29, 1.82) is 0 Å². The van der Waals surface area contributed by atoms with Crippen molar-refractivity contribution in [2.45, 2.75) is 12.5 Å². The monoisotopic (exact) mass is 243 g/mol. The van der Waals surface area contributed by atoms with Crippen LogP contribution in [0.25, 0.3) is 0 Å². The van der Waals surface area contributed by atoms with Crippen molar-refractivity contribution in [3.8, 4) is 0 Å². The lowest BCUT2D eigenvalue weighted by Crippen LogP contribution is -2.43. The average molecular weight is 243 g/mol. The quantitative estimate of drug-likeness (QED) is 0.418. The van der Waals surface area contributed by atoms with Gasteiger partial charge in [-0.05, 0) is 0 Å². The first-order chi connectivity index (χ1) is 5.93. The summed E-state index contributed by atoms with van der Waals surface area (Å²) in [4.78, 5) is 29.8. The van der Waals surface area contributed by atoms with Crippen molar-refractivity contribution in [2.75, 3.05) is 6.61 Å². The Kier molecular flexibility index (Phi) is 16.9. The molecule has 0 saturated heterocycles.